The van der Waals surface area contributed by atoms with Gasteiger partial charge in [0.05, 0.1) is 11.0 Å². The predicted octanol–water partition coefficient (Wildman–Crippen LogP) is 4.32. The highest BCUT2D eigenvalue weighted by Crippen LogP contribution is 2.29. The average Bonchev–Trinajstić information content (AvgIpc) is 3.00. The molecule has 0 radical (unpaired) electrons. The van der Waals surface area contributed by atoms with Crippen molar-refractivity contribution in [3.05, 3.63) is 29.6 Å². The van der Waals surface area contributed by atoms with Crippen molar-refractivity contribution >= 4 is 22.6 Å². The summed E-state index contributed by atoms with van der Waals surface area (Å²) < 4.78 is 2.43. The van der Waals surface area contributed by atoms with Crippen molar-refractivity contribution < 1.29 is 0 Å². The normalized spacial score (nSPS) is 16.5. The quantitative estimate of drug-likeness (QED) is 0.761. The number of imidazole rings is 1. The number of nitrogens with zero attached hydrogens (tertiary/aromatic N) is 2. The van der Waals surface area contributed by atoms with E-state index < -0.39 is 0 Å². The summed E-state index contributed by atoms with van der Waals surface area (Å²) in [5.74, 6) is 2.63. The maximum absolute atomic E-state index is 5.94. The van der Waals surface area contributed by atoms with Crippen LogP contribution in [0.5, 0.6) is 0 Å². The molecule has 3 rings (SSSR count). The standard InChI is InChI=1S/C16H21ClN2/c1-12-5-4-8-14-16(12)19(15(18-14)9-10-17)11-13-6-2-3-7-13/h4-5,8,13H,2-3,6-7,9-11H2,1H3. The van der Waals surface area contributed by atoms with Crippen LogP contribution in [0.15, 0.2) is 18.2 Å². The van der Waals surface area contributed by atoms with Gasteiger partial charge in [-0.1, -0.05) is 25.0 Å². The van der Waals surface area contributed by atoms with Crippen molar-refractivity contribution in [1.29, 1.82) is 0 Å². The fraction of sp³-hybridized carbons (Fsp3) is 0.562. The third kappa shape index (κ3) is 2.51. The van der Waals surface area contributed by atoms with Crippen molar-refractivity contribution in [3.63, 3.8) is 0 Å². The zero-order chi connectivity index (χ0) is 13.2. The zero-order valence-corrected chi connectivity index (χ0v) is 12.3. The molecule has 19 heavy (non-hydrogen) atoms. The fourth-order valence-electron chi connectivity index (χ4n) is 3.34. The van der Waals surface area contributed by atoms with E-state index in [-0.39, 0.29) is 0 Å². The van der Waals surface area contributed by atoms with E-state index in [0.717, 1.165) is 30.2 Å². The summed E-state index contributed by atoms with van der Waals surface area (Å²) in [7, 11) is 0. The van der Waals surface area contributed by atoms with E-state index in [0.29, 0.717) is 5.88 Å². The molecule has 2 aromatic rings. The minimum atomic E-state index is 0.646. The Bertz CT molecular complexity index is 567. The molecule has 0 aliphatic heterocycles. The second-order valence-corrected chi connectivity index (χ2v) is 6.05. The number of fused-ring (bicyclic) bond motifs is 1. The number of rotatable bonds is 4. The van der Waals surface area contributed by atoms with Crippen molar-refractivity contribution in [3.8, 4) is 0 Å². The van der Waals surface area contributed by atoms with E-state index in [1.54, 1.807) is 0 Å². The van der Waals surface area contributed by atoms with Gasteiger partial charge in [0.1, 0.15) is 5.82 Å². The number of hydrogen-bond acceptors (Lipinski definition) is 1. The maximum atomic E-state index is 5.94. The lowest BCUT2D eigenvalue weighted by atomic mass is 10.1. The number of para-hydroxylation sites is 1. The molecule has 1 aromatic carbocycles. The van der Waals surface area contributed by atoms with Crippen molar-refractivity contribution in [2.75, 3.05) is 5.88 Å². The number of halogens is 1. The summed E-state index contributed by atoms with van der Waals surface area (Å²) >= 11 is 5.94. The molecule has 3 heteroatoms. The first kappa shape index (κ1) is 13.0. The van der Waals surface area contributed by atoms with E-state index in [2.05, 4.69) is 29.7 Å². The smallest absolute Gasteiger partial charge is 0.111 e. The summed E-state index contributed by atoms with van der Waals surface area (Å²) in [6.07, 6.45) is 6.38. The van der Waals surface area contributed by atoms with Gasteiger partial charge in [0.15, 0.2) is 0 Å². The lowest BCUT2D eigenvalue weighted by molar-refractivity contribution is 0.455. The second kappa shape index (κ2) is 5.54. The van der Waals surface area contributed by atoms with Gasteiger partial charge >= 0.3 is 0 Å². The van der Waals surface area contributed by atoms with E-state index >= 15 is 0 Å². The Morgan fingerprint density at radius 3 is 2.84 bits per heavy atom. The largest absolute Gasteiger partial charge is 0.327 e. The van der Waals surface area contributed by atoms with Gasteiger partial charge in [-0.3, -0.25) is 0 Å². The first-order chi connectivity index (χ1) is 9.29. The third-order valence-corrected chi connectivity index (χ3v) is 4.47. The van der Waals surface area contributed by atoms with Gasteiger partial charge < -0.3 is 4.57 Å². The predicted molar refractivity (Wildman–Crippen MR) is 80.9 cm³/mol. The molecule has 1 fully saturated rings. The number of aryl methyl sites for hydroxylation is 2. The summed E-state index contributed by atoms with van der Waals surface area (Å²) in [6, 6.07) is 6.39. The number of hydrogen-bond donors (Lipinski definition) is 0. The van der Waals surface area contributed by atoms with Crippen LogP contribution in [0.3, 0.4) is 0 Å². The Kier molecular flexibility index (Phi) is 3.79. The molecule has 0 spiro atoms. The monoisotopic (exact) mass is 276 g/mol. The van der Waals surface area contributed by atoms with Crippen LogP contribution in [0.4, 0.5) is 0 Å². The number of alkyl halides is 1. The lowest BCUT2D eigenvalue weighted by Crippen LogP contribution is -2.11. The zero-order valence-electron chi connectivity index (χ0n) is 11.5. The van der Waals surface area contributed by atoms with E-state index in [1.165, 1.54) is 36.8 Å². The Morgan fingerprint density at radius 1 is 1.32 bits per heavy atom. The van der Waals surface area contributed by atoms with E-state index in [1.807, 2.05) is 0 Å². The summed E-state index contributed by atoms with van der Waals surface area (Å²) in [6.45, 7) is 3.30. The van der Waals surface area contributed by atoms with Crippen LogP contribution >= 0.6 is 11.6 Å². The first-order valence-corrected chi connectivity index (χ1v) is 7.83. The number of aromatic nitrogens is 2. The Labute approximate surface area is 119 Å². The molecular formula is C16H21ClN2. The second-order valence-electron chi connectivity index (χ2n) is 5.67. The van der Waals surface area contributed by atoms with Crippen molar-refractivity contribution in [1.82, 2.24) is 9.55 Å². The van der Waals surface area contributed by atoms with Crippen molar-refractivity contribution in [2.24, 2.45) is 5.92 Å². The molecule has 0 N–H and O–H groups in total. The van der Waals surface area contributed by atoms with Crippen LogP contribution in [0.2, 0.25) is 0 Å². The van der Waals surface area contributed by atoms with Crippen LogP contribution in [0.25, 0.3) is 11.0 Å². The molecule has 0 amide bonds. The van der Waals surface area contributed by atoms with E-state index in [9.17, 15) is 0 Å². The Hall–Kier alpha value is -1.02. The summed E-state index contributed by atoms with van der Waals surface area (Å²) in [4.78, 5) is 4.78. The highest BCUT2D eigenvalue weighted by atomic mass is 35.5. The highest BCUT2D eigenvalue weighted by molar-refractivity contribution is 6.17. The maximum Gasteiger partial charge on any atom is 0.111 e. The summed E-state index contributed by atoms with van der Waals surface area (Å²) in [5.41, 5.74) is 3.76. The molecule has 0 unspecified atom stereocenters. The van der Waals surface area contributed by atoms with Crippen LogP contribution in [-0.4, -0.2) is 15.4 Å². The van der Waals surface area contributed by atoms with Gasteiger partial charge in [0.25, 0.3) is 0 Å². The van der Waals surface area contributed by atoms with Gasteiger partial charge in [-0.2, -0.15) is 0 Å². The third-order valence-electron chi connectivity index (χ3n) is 4.28. The molecule has 1 aromatic heterocycles. The van der Waals surface area contributed by atoms with Gasteiger partial charge in [-0.25, -0.2) is 4.98 Å². The molecule has 0 saturated heterocycles. The van der Waals surface area contributed by atoms with Gasteiger partial charge in [-0.15, -0.1) is 11.6 Å². The van der Waals surface area contributed by atoms with Gasteiger partial charge in [0, 0.05) is 18.8 Å². The lowest BCUT2D eigenvalue weighted by Gasteiger charge is -2.14. The Balaban J connectivity index is 2.04. The van der Waals surface area contributed by atoms with Crippen LogP contribution in [0, 0.1) is 12.8 Å². The molecule has 1 saturated carbocycles. The molecule has 2 nitrogen and oxygen atoms in total. The molecule has 1 aliphatic carbocycles. The fourth-order valence-corrected chi connectivity index (χ4v) is 3.51. The van der Waals surface area contributed by atoms with E-state index in [4.69, 9.17) is 16.6 Å². The highest BCUT2D eigenvalue weighted by Gasteiger charge is 2.19. The van der Waals surface area contributed by atoms with Gasteiger partial charge in [-0.05, 0) is 37.3 Å². The van der Waals surface area contributed by atoms with Gasteiger partial charge in [0.2, 0.25) is 0 Å². The van der Waals surface area contributed by atoms with Crippen LogP contribution < -0.4 is 0 Å². The molecule has 1 heterocycles. The average molecular weight is 277 g/mol. The first-order valence-electron chi connectivity index (χ1n) is 7.30. The molecular weight excluding hydrogens is 256 g/mol. The topological polar surface area (TPSA) is 17.8 Å². The molecule has 0 atom stereocenters. The minimum Gasteiger partial charge on any atom is -0.327 e. The molecule has 1 aliphatic rings. The number of benzene rings is 1. The van der Waals surface area contributed by atoms with Crippen molar-refractivity contribution in [2.45, 2.75) is 45.6 Å². The summed E-state index contributed by atoms with van der Waals surface area (Å²) in [5, 5.41) is 0. The Morgan fingerprint density at radius 2 is 2.11 bits per heavy atom. The minimum absolute atomic E-state index is 0.646. The SMILES string of the molecule is Cc1cccc2nc(CCCl)n(CC3CCCC3)c12. The molecule has 0 bridgehead atoms. The van der Waals surface area contributed by atoms with Crippen LogP contribution in [-0.2, 0) is 13.0 Å². The molecule has 102 valence electrons. The van der Waals surface area contributed by atoms with Crippen LogP contribution in [0.1, 0.15) is 37.1 Å².